The summed E-state index contributed by atoms with van der Waals surface area (Å²) in [4.78, 5) is 3.90. The summed E-state index contributed by atoms with van der Waals surface area (Å²) in [5, 5.41) is 8.53. The summed E-state index contributed by atoms with van der Waals surface area (Å²) in [6.07, 6.45) is 2.58. The lowest BCUT2D eigenvalue weighted by molar-refractivity contribution is 0.574. The highest BCUT2D eigenvalue weighted by Crippen LogP contribution is 2.07. The molecule has 0 unspecified atom stereocenters. The number of nitrogen functional groups attached to an aromatic ring is 1. The third kappa shape index (κ3) is 2.05. The summed E-state index contributed by atoms with van der Waals surface area (Å²) < 4.78 is 3.70. The van der Waals surface area contributed by atoms with Crippen LogP contribution in [0.2, 0.25) is 0 Å². The first-order valence-corrected chi connectivity index (χ1v) is 5.43. The molecule has 6 heteroatoms. The van der Waals surface area contributed by atoms with Gasteiger partial charge in [-0.05, 0) is 19.4 Å². The van der Waals surface area contributed by atoms with Crippen LogP contribution in [0.1, 0.15) is 25.2 Å². The zero-order chi connectivity index (χ0) is 11.5. The summed E-state index contributed by atoms with van der Waals surface area (Å²) >= 11 is 0. The van der Waals surface area contributed by atoms with Crippen LogP contribution in [0.5, 0.6) is 0 Å². The summed E-state index contributed by atoms with van der Waals surface area (Å²) in [5.41, 5.74) is 7.70. The molecule has 0 saturated heterocycles. The van der Waals surface area contributed by atoms with Gasteiger partial charge in [-0.1, -0.05) is 6.92 Å². The molecule has 16 heavy (non-hydrogen) atoms. The predicted molar refractivity (Wildman–Crippen MR) is 60.8 cm³/mol. The predicted octanol–water partition coefficient (Wildman–Crippen LogP) is 0.687. The minimum Gasteiger partial charge on any atom is -0.367 e. The van der Waals surface area contributed by atoms with E-state index in [1.165, 1.54) is 0 Å². The lowest BCUT2D eigenvalue weighted by Crippen LogP contribution is -2.08. The third-order valence-corrected chi connectivity index (χ3v) is 2.45. The summed E-state index contributed by atoms with van der Waals surface area (Å²) in [7, 11) is 0. The van der Waals surface area contributed by atoms with E-state index in [1.54, 1.807) is 11.0 Å². The Morgan fingerprint density at radius 3 is 2.69 bits per heavy atom. The van der Waals surface area contributed by atoms with Crippen LogP contribution in [0.4, 0.5) is 5.95 Å². The van der Waals surface area contributed by atoms with Crippen LogP contribution in [0.3, 0.4) is 0 Å². The van der Waals surface area contributed by atoms with Gasteiger partial charge in [0.1, 0.15) is 6.33 Å². The lowest BCUT2D eigenvalue weighted by atomic mass is 10.3. The molecule has 2 aromatic rings. The maximum absolute atomic E-state index is 5.47. The first-order chi connectivity index (χ1) is 7.72. The third-order valence-electron chi connectivity index (χ3n) is 2.45. The Morgan fingerprint density at radius 1 is 1.31 bits per heavy atom. The molecular formula is C10H16N6. The van der Waals surface area contributed by atoms with Gasteiger partial charge in [-0.25, -0.2) is 9.67 Å². The highest BCUT2D eigenvalue weighted by molar-refractivity contribution is 5.13. The molecule has 0 saturated carbocycles. The van der Waals surface area contributed by atoms with E-state index in [9.17, 15) is 0 Å². The van der Waals surface area contributed by atoms with Gasteiger partial charge in [0.05, 0.1) is 17.9 Å². The second-order valence-corrected chi connectivity index (χ2v) is 3.60. The molecule has 6 nitrogen and oxygen atoms in total. The second kappa shape index (κ2) is 4.34. The number of nitrogens with two attached hydrogens (primary N) is 1. The Kier molecular flexibility index (Phi) is 2.89. The largest absolute Gasteiger partial charge is 0.367 e. The summed E-state index contributed by atoms with van der Waals surface area (Å²) in [5.74, 6) is 0.304. The Balaban J connectivity index is 2.22. The number of hydrogen-bond acceptors (Lipinski definition) is 4. The SMILES string of the molecule is CCc1cc(Cn2cnc(N)n2)n(CC)n1. The fourth-order valence-electron chi connectivity index (χ4n) is 1.64. The Labute approximate surface area is 94.1 Å². The zero-order valence-electron chi connectivity index (χ0n) is 9.59. The van der Waals surface area contributed by atoms with Crippen molar-refractivity contribution < 1.29 is 0 Å². The van der Waals surface area contributed by atoms with Crippen molar-refractivity contribution in [3.8, 4) is 0 Å². The lowest BCUT2D eigenvalue weighted by Gasteiger charge is -2.03. The van der Waals surface area contributed by atoms with Crippen LogP contribution >= 0.6 is 0 Å². The van der Waals surface area contributed by atoms with Gasteiger partial charge in [-0.15, -0.1) is 5.10 Å². The van der Waals surface area contributed by atoms with Gasteiger partial charge in [0.25, 0.3) is 0 Å². The van der Waals surface area contributed by atoms with Crippen molar-refractivity contribution in [2.24, 2.45) is 0 Å². The van der Waals surface area contributed by atoms with Crippen molar-refractivity contribution in [3.63, 3.8) is 0 Å². The Hall–Kier alpha value is -1.85. The summed E-state index contributed by atoms with van der Waals surface area (Å²) in [6, 6.07) is 2.10. The fraction of sp³-hybridized carbons (Fsp3) is 0.500. The van der Waals surface area contributed by atoms with E-state index in [0.29, 0.717) is 12.5 Å². The highest BCUT2D eigenvalue weighted by Gasteiger charge is 2.07. The maximum Gasteiger partial charge on any atom is 0.239 e. The van der Waals surface area contributed by atoms with E-state index in [4.69, 9.17) is 5.73 Å². The van der Waals surface area contributed by atoms with Crippen LogP contribution in [0, 0.1) is 0 Å². The van der Waals surface area contributed by atoms with Crippen molar-refractivity contribution in [2.75, 3.05) is 5.73 Å². The van der Waals surface area contributed by atoms with E-state index < -0.39 is 0 Å². The van der Waals surface area contributed by atoms with Crippen molar-refractivity contribution in [2.45, 2.75) is 33.4 Å². The molecule has 2 aromatic heterocycles. The van der Waals surface area contributed by atoms with Gasteiger partial charge in [0.2, 0.25) is 5.95 Å². The molecule has 0 spiro atoms. The van der Waals surface area contributed by atoms with Gasteiger partial charge in [-0.2, -0.15) is 5.10 Å². The molecule has 0 bridgehead atoms. The Morgan fingerprint density at radius 2 is 2.12 bits per heavy atom. The topological polar surface area (TPSA) is 74.6 Å². The molecule has 86 valence electrons. The number of hydrogen-bond donors (Lipinski definition) is 1. The average Bonchev–Trinajstić information content (AvgIpc) is 2.85. The molecule has 0 amide bonds. The molecule has 0 atom stereocenters. The fourth-order valence-corrected chi connectivity index (χ4v) is 1.64. The second-order valence-electron chi connectivity index (χ2n) is 3.60. The van der Waals surface area contributed by atoms with Gasteiger partial charge in [-0.3, -0.25) is 4.68 Å². The number of rotatable bonds is 4. The average molecular weight is 220 g/mol. The van der Waals surface area contributed by atoms with Gasteiger partial charge < -0.3 is 5.73 Å². The molecular weight excluding hydrogens is 204 g/mol. The highest BCUT2D eigenvalue weighted by atomic mass is 15.4. The standard InChI is InChI=1S/C10H16N6/c1-3-8-5-9(16(4-2)13-8)6-15-7-12-10(11)14-15/h5,7H,3-4,6H2,1-2H3,(H2,11,14). The van der Waals surface area contributed by atoms with E-state index in [2.05, 4.69) is 35.1 Å². The first-order valence-electron chi connectivity index (χ1n) is 5.43. The number of aryl methyl sites for hydroxylation is 2. The first kappa shape index (κ1) is 10.7. The maximum atomic E-state index is 5.47. The van der Waals surface area contributed by atoms with Gasteiger partial charge in [0.15, 0.2) is 0 Å². The number of aromatic nitrogens is 5. The van der Waals surface area contributed by atoms with Crippen LogP contribution < -0.4 is 5.73 Å². The molecule has 0 aliphatic carbocycles. The van der Waals surface area contributed by atoms with Crippen molar-refractivity contribution in [1.29, 1.82) is 0 Å². The van der Waals surface area contributed by atoms with E-state index in [1.807, 2.05) is 4.68 Å². The van der Waals surface area contributed by atoms with Crippen molar-refractivity contribution >= 4 is 5.95 Å². The monoisotopic (exact) mass is 220 g/mol. The van der Waals surface area contributed by atoms with E-state index in [0.717, 1.165) is 24.4 Å². The van der Waals surface area contributed by atoms with Gasteiger partial charge in [0, 0.05) is 6.54 Å². The van der Waals surface area contributed by atoms with Gasteiger partial charge >= 0.3 is 0 Å². The smallest absolute Gasteiger partial charge is 0.239 e. The molecule has 0 aliphatic rings. The molecule has 0 radical (unpaired) electrons. The molecule has 0 aromatic carbocycles. The minimum atomic E-state index is 0.304. The molecule has 2 N–H and O–H groups in total. The molecule has 0 aliphatic heterocycles. The van der Waals surface area contributed by atoms with Crippen LogP contribution in [-0.2, 0) is 19.5 Å². The molecule has 2 rings (SSSR count). The molecule has 2 heterocycles. The normalized spacial score (nSPS) is 10.9. The zero-order valence-corrected chi connectivity index (χ0v) is 9.59. The number of nitrogens with zero attached hydrogens (tertiary/aromatic N) is 5. The van der Waals surface area contributed by atoms with Crippen LogP contribution in [0.15, 0.2) is 12.4 Å². The van der Waals surface area contributed by atoms with Crippen LogP contribution in [-0.4, -0.2) is 24.5 Å². The number of anilines is 1. The van der Waals surface area contributed by atoms with Crippen molar-refractivity contribution in [3.05, 3.63) is 23.8 Å². The van der Waals surface area contributed by atoms with E-state index >= 15 is 0 Å². The van der Waals surface area contributed by atoms with Crippen LogP contribution in [0.25, 0.3) is 0 Å². The van der Waals surface area contributed by atoms with Crippen molar-refractivity contribution in [1.82, 2.24) is 24.5 Å². The summed E-state index contributed by atoms with van der Waals surface area (Å²) in [6.45, 7) is 5.69. The minimum absolute atomic E-state index is 0.304. The Bertz CT molecular complexity index is 469. The quantitative estimate of drug-likeness (QED) is 0.822. The van der Waals surface area contributed by atoms with E-state index in [-0.39, 0.29) is 0 Å². The molecule has 0 fully saturated rings.